The summed E-state index contributed by atoms with van der Waals surface area (Å²) < 4.78 is 6.59. The second kappa shape index (κ2) is 7.23. The Kier molecular flexibility index (Phi) is 5.94. The van der Waals surface area contributed by atoms with Crippen molar-refractivity contribution in [2.24, 2.45) is 10.9 Å². The Bertz CT molecular complexity index is 412. The van der Waals surface area contributed by atoms with Crippen LogP contribution in [0.4, 0.5) is 0 Å². The molecular weight excluding hydrogens is 298 g/mol. The number of likely N-dealkylation sites (N-methyl/N-ethyl adjacent to an activating group) is 1. The van der Waals surface area contributed by atoms with E-state index < -0.39 is 0 Å². The van der Waals surface area contributed by atoms with E-state index in [1.807, 2.05) is 43.1 Å². The molecular formula is C12H18BrN3O2. The van der Waals surface area contributed by atoms with Crippen LogP contribution in [0.2, 0.25) is 0 Å². The van der Waals surface area contributed by atoms with Crippen molar-refractivity contribution in [3.63, 3.8) is 0 Å². The number of rotatable bonds is 6. The molecule has 0 radical (unpaired) electrons. The van der Waals surface area contributed by atoms with Gasteiger partial charge in [0.2, 0.25) is 0 Å². The third-order valence-corrected chi connectivity index (χ3v) is 3.21. The topological polar surface area (TPSA) is 71.1 Å². The van der Waals surface area contributed by atoms with Gasteiger partial charge in [-0.15, -0.1) is 0 Å². The second-order valence-electron chi connectivity index (χ2n) is 3.99. The van der Waals surface area contributed by atoms with Gasteiger partial charge < -0.3 is 15.7 Å². The van der Waals surface area contributed by atoms with Gasteiger partial charge in [0.1, 0.15) is 12.4 Å². The maximum absolute atomic E-state index is 8.59. The molecule has 1 aromatic carbocycles. The normalized spacial score (nSPS) is 13.7. The number of halogens is 1. The molecule has 0 saturated heterocycles. The van der Waals surface area contributed by atoms with Gasteiger partial charge in [-0.2, -0.15) is 0 Å². The van der Waals surface area contributed by atoms with Crippen molar-refractivity contribution in [1.29, 1.82) is 0 Å². The monoisotopic (exact) mass is 315 g/mol. The van der Waals surface area contributed by atoms with Crippen LogP contribution in [0.15, 0.2) is 33.9 Å². The first kappa shape index (κ1) is 14.8. The van der Waals surface area contributed by atoms with Gasteiger partial charge >= 0.3 is 0 Å². The van der Waals surface area contributed by atoms with Crippen molar-refractivity contribution < 1.29 is 9.94 Å². The average molecular weight is 316 g/mol. The van der Waals surface area contributed by atoms with Crippen molar-refractivity contribution in [1.82, 2.24) is 4.90 Å². The molecule has 0 heterocycles. The van der Waals surface area contributed by atoms with Gasteiger partial charge in [-0.25, -0.2) is 0 Å². The van der Waals surface area contributed by atoms with E-state index in [1.54, 1.807) is 0 Å². The number of benzene rings is 1. The Hall–Kier alpha value is -1.27. The maximum atomic E-state index is 8.59. The van der Waals surface area contributed by atoms with E-state index in [1.165, 1.54) is 0 Å². The van der Waals surface area contributed by atoms with Gasteiger partial charge in [0.05, 0.1) is 6.04 Å². The number of hydrogen-bond acceptors (Lipinski definition) is 4. The summed E-state index contributed by atoms with van der Waals surface area (Å²) in [5.41, 5.74) is 5.53. The van der Waals surface area contributed by atoms with Crippen LogP contribution in [-0.2, 0) is 0 Å². The Morgan fingerprint density at radius 3 is 2.94 bits per heavy atom. The number of oxime groups is 1. The molecule has 100 valence electrons. The zero-order valence-corrected chi connectivity index (χ0v) is 12.1. The summed E-state index contributed by atoms with van der Waals surface area (Å²) in [4.78, 5) is 1.95. The summed E-state index contributed by atoms with van der Waals surface area (Å²) in [5.74, 6) is 1.01. The van der Waals surface area contributed by atoms with Gasteiger partial charge in [0.15, 0.2) is 5.84 Å². The van der Waals surface area contributed by atoms with E-state index in [-0.39, 0.29) is 11.9 Å². The van der Waals surface area contributed by atoms with Gasteiger partial charge in [-0.3, -0.25) is 4.90 Å². The summed E-state index contributed by atoms with van der Waals surface area (Å²) in [7, 11) is 1.90. The number of ether oxygens (including phenoxy) is 1. The molecule has 0 aromatic heterocycles. The lowest BCUT2D eigenvalue weighted by molar-refractivity contribution is 0.222. The van der Waals surface area contributed by atoms with E-state index in [2.05, 4.69) is 21.1 Å². The highest BCUT2D eigenvalue weighted by molar-refractivity contribution is 9.10. The highest BCUT2D eigenvalue weighted by Crippen LogP contribution is 2.17. The van der Waals surface area contributed by atoms with Crippen molar-refractivity contribution in [2.75, 3.05) is 20.2 Å². The van der Waals surface area contributed by atoms with E-state index in [4.69, 9.17) is 15.7 Å². The molecule has 3 N–H and O–H groups in total. The highest BCUT2D eigenvalue weighted by Gasteiger charge is 2.13. The summed E-state index contributed by atoms with van der Waals surface area (Å²) in [6.45, 7) is 3.09. The third-order valence-electron chi connectivity index (χ3n) is 2.71. The molecule has 5 nitrogen and oxygen atoms in total. The zero-order chi connectivity index (χ0) is 13.5. The lowest BCUT2D eigenvalue weighted by atomic mass is 10.3. The second-order valence-corrected chi connectivity index (χ2v) is 4.90. The minimum absolute atomic E-state index is 0.124. The summed E-state index contributed by atoms with van der Waals surface area (Å²) in [6, 6.07) is 7.55. The molecule has 0 aliphatic heterocycles. The van der Waals surface area contributed by atoms with Crippen LogP contribution in [0.1, 0.15) is 6.92 Å². The van der Waals surface area contributed by atoms with Crippen molar-refractivity contribution in [2.45, 2.75) is 13.0 Å². The summed E-state index contributed by atoms with van der Waals surface area (Å²) in [5, 5.41) is 11.6. The number of nitrogens with two attached hydrogens (primary N) is 1. The highest BCUT2D eigenvalue weighted by atomic mass is 79.9. The average Bonchev–Trinajstić information content (AvgIpc) is 2.36. The fourth-order valence-electron chi connectivity index (χ4n) is 1.37. The summed E-state index contributed by atoms with van der Waals surface area (Å²) in [6.07, 6.45) is 0. The predicted octanol–water partition coefficient (Wildman–Crippen LogP) is 1.89. The standard InChI is InChI=1S/C12H18BrN3O2/c1-9(12(14)15-17)16(2)6-7-18-11-5-3-4-10(13)8-11/h3-5,8-9,17H,6-7H2,1-2H3,(H2,14,15). The Balaban J connectivity index is 2.38. The van der Waals surface area contributed by atoms with Crippen LogP contribution >= 0.6 is 15.9 Å². The molecule has 6 heteroatoms. The van der Waals surface area contributed by atoms with E-state index in [9.17, 15) is 0 Å². The van der Waals surface area contributed by atoms with Gasteiger partial charge in [-0.05, 0) is 32.2 Å². The fraction of sp³-hybridized carbons (Fsp3) is 0.417. The van der Waals surface area contributed by atoms with Crippen LogP contribution < -0.4 is 10.5 Å². The van der Waals surface area contributed by atoms with E-state index in [0.717, 1.165) is 10.2 Å². The van der Waals surface area contributed by atoms with Gasteiger partial charge in [0, 0.05) is 11.0 Å². The van der Waals surface area contributed by atoms with Crippen molar-refractivity contribution in [3.8, 4) is 5.75 Å². The molecule has 1 rings (SSSR count). The number of nitrogens with zero attached hydrogens (tertiary/aromatic N) is 2. The first-order valence-electron chi connectivity index (χ1n) is 5.60. The van der Waals surface area contributed by atoms with Crippen LogP contribution in [-0.4, -0.2) is 42.2 Å². The molecule has 0 aliphatic carbocycles. The molecule has 1 unspecified atom stereocenters. The first-order chi connectivity index (χ1) is 8.54. The molecule has 1 atom stereocenters. The molecule has 0 aliphatic rings. The SMILES string of the molecule is CC(C(N)=NO)N(C)CCOc1cccc(Br)c1. The first-order valence-corrected chi connectivity index (χ1v) is 6.40. The van der Waals surface area contributed by atoms with Crippen LogP contribution in [0.5, 0.6) is 5.75 Å². The molecule has 18 heavy (non-hydrogen) atoms. The molecule has 0 bridgehead atoms. The molecule has 0 spiro atoms. The Labute approximate surface area is 115 Å². The zero-order valence-electron chi connectivity index (χ0n) is 10.5. The van der Waals surface area contributed by atoms with Crippen LogP contribution in [0.25, 0.3) is 0 Å². The maximum Gasteiger partial charge on any atom is 0.156 e. The van der Waals surface area contributed by atoms with Gasteiger partial charge in [0.25, 0.3) is 0 Å². The quantitative estimate of drug-likeness (QED) is 0.364. The largest absolute Gasteiger partial charge is 0.492 e. The minimum atomic E-state index is -0.124. The van der Waals surface area contributed by atoms with Crippen molar-refractivity contribution >= 4 is 21.8 Å². The smallest absolute Gasteiger partial charge is 0.156 e. The lowest BCUT2D eigenvalue weighted by Gasteiger charge is -2.23. The Morgan fingerprint density at radius 1 is 1.61 bits per heavy atom. The number of hydrogen-bond donors (Lipinski definition) is 2. The van der Waals surface area contributed by atoms with Crippen LogP contribution in [0.3, 0.4) is 0 Å². The van der Waals surface area contributed by atoms with Gasteiger partial charge in [-0.1, -0.05) is 27.2 Å². The molecule has 0 amide bonds. The molecule has 0 saturated carbocycles. The van der Waals surface area contributed by atoms with Crippen molar-refractivity contribution in [3.05, 3.63) is 28.7 Å². The predicted molar refractivity (Wildman–Crippen MR) is 75.1 cm³/mol. The number of amidine groups is 1. The fourth-order valence-corrected chi connectivity index (χ4v) is 1.75. The molecule has 1 aromatic rings. The summed E-state index contributed by atoms with van der Waals surface area (Å²) >= 11 is 3.38. The molecule has 0 fully saturated rings. The third kappa shape index (κ3) is 4.54. The minimum Gasteiger partial charge on any atom is -0.492 e. The lowest BCUT2D eigenvalue weighted by Crippen LogP contribution is -2.42. The van der Waals surface area contributed by atoms with E-state index in [0.29, 0.717) is 13.2 Å². The van der Waals surface area contributed by atoms with Crippen LogP contribution in [0, 0.1) is 0 Å². The Morgan fingerprint density at radius 2 is 2.33 bits per heavy atom. The van der Waals surface area contributed by atoms with E-state index >= 15 is 0 Å².